The molecule has 0 heterocycles. The van der Waals surface area contributed by atoms with Gasteiger partial charge in [-0.25, -0.2) is 0 Å². The van der Waals surface area contributed by atoms with Gasteiger partial charge in [0.2, 0.25) is 0 Å². The lowest BCUT2D eigenvalue weighted by Crippen LogP contribution is -2.50. The molecule has 4 aliphatic rings. The average molecular weight is 579 g/mol. The van der Waals surface area contributed by atoms with Gasteiger partial charge in [0.25, 0.3) is 0 Å². The van der Waals surface area contributed by atoms with Gasteiger partial charge in [-0.2, -0.15) is 0 Å². The van der Waals surface area contributed by atoms with Gasteiger partial charge in [0.1, 0.15) is 12.1 Å². The van der Waals surface area contributed by atoms with Gasteiger partial charge >= 0.3 is 23.9 Å². The summed E-state index contributed by atoms with van der Waals surface area (Å²) in [4.78, 5) is 49.4. The highest BCUT2D eigenvalue weighted by Crippen LogP contribution is 2.72. The first-order valence-electron chi connectivity index (χ1n) is 15.8. The lowest BCUT2D eigenvalue weighted by Gasteiger charge is -2.47. The third-order valence-electron chi connectivity index (χ3n) is 10.3. The molecule has 41 heavy (non-hydrogen) atoms. The standard InChI is InChI=1S/C31H50N2O8/c1-6-38-25(34)13-23(29(36)40-8-3)32-16-20-10-18-11-21(20)27-19-12-22(28(18)27)31(5,15-19)17-33-24(30(37)41-9-4)14-26(35)39-7-2/h18-24,27-28,32-33H,6-17H2,1-5H3. The van der Waals surface area contributed by atoms with Crippen LogP contribution in [-0.2, 0) is 38.1 Å². The Kier molecular flexibility index (Phi) is 10.7. The number of esters is 4. The Morgan fingerprint density at radius 1 is 0.732 bits per heavy atom. The highest BCUT2D eigenvalue weighted by Gasteiger charge is 2.67. The van der Waals surface area contributed by atoms with Crippen LogP contribution in [0.2, 0.25) is 0 Å². The minimum Gasteiger partial charge on any atom is -0.466 e. The highest BCUT2D eigenvalue weighted by atomic mass is 16.5. The Labute approximate surface area is 244 Å². The zero-order valence-corrected chi connectivity index (χ0v) is 25.4. The van der Waals surface area contributed by atoms with E-state index >= 15 is 0 Å². The topological polar surface area (TPSA) is 129 Å². The summed E-state index contributed by atoms with van der Waals surface area (Å²) in [5.74, 6) is 2.84. The van der Waals surface area contributed by atoms with Crippen molar-refractivity contribution in [1.82, 2.24) is 10.6 Å². The molecule has 4 rings (SSSR count). The first kappa shape index (κ1) is 31.7. The molecule has 0 spiro atoms. The summed E-state index contributed by atoms with van der Waals surface area (Å²) in [6, 6.07) is -1.38. The summed E-state index contributed by atoms with van der Waals surface area (Å²) >= 11 is 0. The molecule has 4 aliphatic carbocycles. The lowest BCUT2D eigenvalue weighted by molar-refractivity contribution is -0.152. The second-order valence-electron chi connectivity index (χ2n) is 12.7. The zero-order valence-electron chi connectivity index (χ0n) is 25.4. The van der Waals surface area contributed by atoms with E-state index in [4.69, 9.17) is 18.9 Å². The first-order chi connectivity index (χ1) is 19.6. The number of hydrogen-bond donors (Lipinski definition) is 2. The van der Waals surface area contributed by atoms with Gasteiger partial charge in [-0.1, -0.05) is 6.92 Å². The normalized spacial score (nSPS) is 34.1. The number of fused-ring (bicyclic) bond motifs is 9. The molecule has 10 heteroatoms. The maximum atomic E-state index is 12.6. The van der Waals surface area contributed by atoms with Crippen LogP contribution in [0.1, 0.15) is 73.1 Å². The lowest BCUT2D eigenvalue weighted by atomic mass is 9.60. The van der Waals surface area contributed by atoms with Gasteiger partial charge in [-0.15, -0.1) is 0 Å². The minimum atomic E-state index is -0.696. The molecular formula is C31H50N2O8. The largest absolute Gasteiger partial charge is 0.466 e. The molecule has 4 fully saturated rings. The molecule has 232 valence electrons. The van der Waals surface area contributed by atoms with Gasteiger partial charge in [-0.05, 0) is 107 Å². The number of rotatable bonds is 16. The molecule has 0 saturated heterocycles. The molecule has 4 saturated carbocycles. The fraction of sp³-hybridized carbons (Fsp3) is 0.871. The van der Waals surface area contributed by atoms with Crippen LogP contribution < -0.4 is 10.6 Å². The zero-order chi connectivity index (χ0) is 29.7. The summed E-state index contributed by atoms with van der Waals surface area (Å²) < 4.78 is 20.6. The minimum absolute atomic E-state index is 0.0153. The van der Waals surface area contributed by atoms with Crippen molar-refractivity contribution in [3.8, 4) is 0 Å². The third-order valence-corrected chi connectivity index (χ3v) is 10.3. The number of carbonyl (C=O) groups excluding carboxylic acids is 4. The van der Waals surface area contributed by atoms with Gasteiger partial charge in [0, 0.05) is 6.54 Å². The number of nitrogens with one attached hydrogen (secondary N) is 2. The van der Waals surface area contributed by atoms with E-state index in [0.717, 1.165) is 12.8 Å². The first-order valence-corrected chi connectivity index (χ1v) is 15.8. The average Bonchev–Trinajstić information content (AvgIpc) is 3.68. The molecule has 0 aromatic rings. The summed E-state index contributed by atoms with van der Waals surface area (Å²) in [7, 11) is 0. The van der Waals surface area contributed by atoms with Gasteiger partial charge in [0.15, 0.2) is 0 Å². The van der Waals surface area contributed by atoms with Crippen molar-refractivity contribution in [3.05, 3.63) is 0 Å². The van der Waals surface area contributed by atoms with Crippen molar-refractivity contribution in [2.75, 3.05) is 39.5 Å². The SMILES string of the molecule is CCOC(=O)CC(NCC1CC2CC1C1C3CC(C21)C(C)(CNC(CC(=O)OCC)C(=O)OCC)C3)C(=O)OCC. The Morgan fingerprint density at radius 2 is 1.29 bits per heavy atom. The maximum absolute atomic E-state index is 12.6. The summed E-state index contributed by atoms with van der Waals surface area (Å²) in [5.41, 5.74) is 0.0676. The second kappa shape index (κ2) is 13.8. The van der Waals surface area contributed by atoms with Crippen LogP contribution in [0, 0.1) is 46.8 Å². The van der Waals surface area contributed by atoms with E-state index in [-0.39, 0.29) is 50.7 Å². The van der Waals surface area contributed by atoms with E-state index in [1.54, 1.807) is 27.7 Å². The number of hydrogen-bond acceptors (Lipinski definition) is 10. The molecule has 10 unspecified atom stereocenters. The molecule has 0 aromatic heterocycles. The monoisotopic (exact) mass is 578 g/mol. The van der Waals surface area contributed by atoms with Crippen molar-refractivity contribution in [3.63, 3.8) is 0 Å². The highest BCUT2D eigenvalue weighted by molar-refractivity contribution is 5.83. The summed E-state index contributed by atoms with van der Waals surface area (Å²) in [6.07, 6.45) is 4.66. The van der Waals surface area contributed by atoms with Crippen molar-refractivity contribution in [1.29, 1.82) is 0 Å². The van der Waals surface area contributed by atoms with E-state index in [1.165, 1.54) is 12.8 Å². The van der Waals surface area contributed by atoms with Crippen LogP contribution in [0.5, 0.6) is 0 Å². The Balaban J connectivity index is 1.34. The van der Waals surface area contributed by atoms with Crippen LogP contribution in [0.25, 0.3) is 0 Å². The number of carbonyl (C=O) groups is 4. The smallest absolute Gasteiger partial charge is 0.323 e. The van der Waals surface area contributed by atoms with Crippen molar-refractivity contribution in [2.24, 2.45) is 46.8 Å². The Hall–Kier alpha value is -2.20. The summed E-state index contributed by atoms with van der Waals surface area (Å²) in [5, 5.41) is 6.78. The van der Waals surface area contributed by atoms with E-state index in [0.29, 0.717) is 54.5 Å². The quantitative estimate of drug-likeness (QED) is 0.160. The predicted octanol–water partition coefficient (Wildman–Crippen LogP) is 2.87. The second-order valence-corrected chi connectivity index (χ2v) is 12.7. The number of ether oxygens (including phenoxy) is 4. The fourth-order valence-corrected chi connectivity index (χ4v) is 9.03. The van der Waals surface area contributed by atoms with Crippen LogP contribution in [0.3, 0.4) is 0 Å². The van der Waals surface area contributed by atoms with Crippen molar-refractivity contribution < 1.29 is 38.1 Å². The van der Waals surface area contributed by atoms with Crippen LogP contribution in [0.4, 0.5) is 0 Å². The Bertz CT molecular complexity index is 958. The molecule has 4 bridgehead atoms. The molecule has 2 N–H and O–H groups in total. The third kappa shape index (κ3) is 6.90. The molecule has 0 radical (unpaired) electrons. The molecule has 0 aromatic carbocycles. The van der Waals surface area contributed by atoms with Crippen LogP contribution in [-0.4, -0.2) is 75.5 Å². The molecule has 0 aliphatic heterocycles. The molecule has 10 atom stereocenters. The van der Waals surface area contributed by atoms with Gasteiger partial charge in [0.05, 0.1) is 39.3 Å². The van der Waals surface area contributed by atoms with Crippen molar-refractivity contribution >= 4 is 23.9 Å². The van der Waals surface area contributed by atoms with E-state index in [2.05, 4.69) is 17.6 Å². The van der Waals surface area contributed by atoms with E-state index in [9.17, 15) is 19.2 Å². The predicted molar refractivity (Wildman–Crippen MR) is 150 cm³/mol. The molecular weight excluding hydrogens is 528 g/mol. The molecule has 10 nitrogen and oxygen atoms in total. The van der Waals surface area contributed by atoms with Gasteiger partial charge in [-0.3, -0.25) is 19.2 Å². The van der Waals surface area contributed by atoms with E-state index in [1.807, 2.05) is 0 Å². The van der Waals surface area contributed by atoms with Gasteiger partial charge < -0.3 is 29.6 Å². The van der Waals surface area contributed by atoms with Crippen molar-refractivity contribution in [2.45, 2.75) is 85.2 Å². The molecule has 0 amide bonds. The Morgan fingerprint density at radius 3 is 1.85 bits per heavy atom. The fourth-order valence-electron chi connectivity index (χ4n) is 9.03. The van der Waals surface area contributed by atoms with Crippen LogP contribution >= 0.6 is 0 Å². The summed E-state index contributed by atoms with van der Waals surface area (Å²) in [6.45, 7) is 11.9. The maximum Gasteiger partial charge on any atom is 0.323 e. The van der Waals surface area contributed by atoms with E-state index < -0.39 is 30.0 Å². The van der Waals surface area contributed by atoms with Crippen LogP contribution in [0.15, 0.2) is 0 Å².